The first-order valence-corrected chi connectivity index (χ1v) is 9.18. The Balaban J connectivity index is 1.44. The highest BCUT2D eigenvalue weighted by Crippen LogP contribution is 2.17. The van der Waals surface area contributed by atoms with Crippen molar-refractivity contribution in [2.24, 2.45) is 0 Å². The van der Waals surface area contributed by atoms with Crippen molar-refractivity contribution in [2.45, 2.75) is 6.42 Å². The molecular formula is C21H25N5O2. The number of likely N-dealkylation sites (N-methyl/N-ethyl adjacent to an activating group) is 1. The van der Waals surface area contributed by atoms with Crippen molar-refractivity contribution in [1.82, 2.24) is 15.0 Å². The van der Waals surface area contributed by atoms with E-state index in [1.165, 1.54) is 5.56 Å². The fraction of sp³-hybridized carbons (Fsp3) is 0.286. The molecule has 3 rings (SSSR count). The molecule has 1 N–H and O–H groups in total. The van der Waals surface area contributed by atoms with Crippen molar-refractivity contribution >= 4 is 11.8 Å². The molecule has 0 saturated heterocycles. The molecule has 0 aliphatic heterocycles. The standard InChI is InChI=1S/C21H25N5O2/c1-26(15-10-17-7-11-22-12-8-17)21-24-13-9-20(25-21)23-14-16-28-19-5-3-18(27-2)4-6-19/h3-9,11-13H,10,14-16H2,1-2H3,(H,23,24,25). The van der Waals surface area contributed by atoms with E-state index in [1.807, 2.05) is 66.8 Å². The molecule has 0 saturated carbocycles. The second-order valence-electron chi connectivity index (χ2n) is 6.22. The van der Waals surface area contributed by atoms with Crippen molar-refractivity contribution in [2.75, 3.05) is 44.1 Å². The number of hydrogen-bond donors (Lipinski definition) is 1. The van der Waals surface area contributed by atoms with Gasteiger partial charge in [0.1, 0.15) is 23.9 Å². The molecule has 0 fully saturated rings. The molecule has 0 unspecified atom stereocenters. The van der Waals surface area contributed by atoms with Gasteiger partial charge in [0, 0.05) is 32.2 Å². The normalized spacial score (nSPS) is 10.4. The molecule has 3 aromatic rings. The number of nitrogens with zero attached hydrogens (tertiary/aromatic N) is 4. The van der Waals surface area contributed by atoms with Crippen LogP contribution in [-0.2, 0) is 6.42 Å². The Hall–Kier alpha value is -3.35. The Bertz CT molecular complexity index is 843. The monoisotopic (exact) mass is 379 g/mol. The van der Waals surface area contributed by atoms with Gasteiger partial charge in [0.25, 0.3) is 0 Å². The topological polar surface area (TPSA) is 72.4 Å². The van der Waals surface area contributed by atoms with Crippen LogP contribution in [-0.4, -0.2) is 48.8 Å². The highest BCUT2D eigenvalue weighted by Gasteiger charge is 2.06. The van der Waals surface area contributed by atoms with Crippen molar-refractivity contribution in [3.05, 3.63) is 66.6 Å². The lowest BCUT2D eigenvalue weighted by molar-refractivity contribution is 0.331. The molecule has 146 valence electrons. The average Bonchev–Trinajstić information content (AvgIpc) is 2.76. The Labute approximate surface area is 165 Å². The van der Waals surface area contributed by atoms with Crippen LogP contribution in [0.1, 0.15) is 5.56 Å². The molecule has 7 nitrogen and oxygen atoms in total. The highest BCUT2D eigenvalue weighted by atomic mass is 16.5. The third-order valence-corrected chi connectivity index (χ3v) is 4.21. The predicted octanol–water partition coefficient (Wildman–Crippen LogP) is 3.05. The van der Waals surface area contributed by atoms with Gasteiger partial charge in [0.05, 0.1) is 13.7 Å². The molecule has 7 heteroatoms. The lowest BCUT2D eigenvalue weighted by Crippen LogP contribution is -2.23. The number of ether oxygens (including phenoxy) is 2. The van der Waals surface area contributed by atoms with E-state index in [1.54, 1.807) is 13.3 Å². The molecule has 0 amide bonds. The molecular weight excluding hydrogens is 354 g/mol. The molecule has 0 spiro atoms. The summed E-state index contributed by atoms with van der Waals surface area (Å²) in [5.74, 6) is 3.09. The summed E-state index contributed by atoms with van der Waals surface area (Å²) in [7, 11) is 3.64. The highest BCUT2D eigenvalue weighted by molar-refractivity contribution is 5.41. The van der Waals surface area contributed by atoms with Crippen LogP contribution in [0.5, 0.6) is 11.5 Å². The van der Waals surface area contributed by atoms with Gasteiger partial charge in [-0.3, -0.25) is 4.98 Å². The summed E-state index contributed by atoms with van der Waals surface area (Å²) in [5, 5.41) is 3.27. The number of methoxy groups -OCH3 is 1. The number of anilines is 2. The first kappa shape index (κ1) is 19.4. The van der Waals surface area contributed by atoms with Crippen LogP contribution in [0, 0.1) is 0 Å². The maximum absolute atomic E-state index is 5.72. The summed E-state index contributed by atoms with van der Waals surface area (Å²) in [6, 6.07) is 13.4. The van der Waals surface area contributed by atoms with E-state index < -0.39 is 0 Å². The van der Waals surface area contributed by atoms with Crippen LogP contribution in [0.3, 0.4) is 0 Å². The maximum Gasteiger partial charge on any atom is 0.226 e. The maximum atomic E-state index is 5.72. The van der Waals surface area contributed by atoms with Gasteiger partial charge in [-0.15, -0.1) is 0 Å². The zero-order chi connectivity index (χ0) is 19.6. The quantitative estimate of drug-likeness (QED) is 0.543. The SMILES string of the molecule is COc1ccc(OCCNc2ccnc(N(C)CCc3ccncc3)n2)cc1. The summed E-state index contributed by atoms with van der Waals surface area (Å²) in [5.41, 5.74) is 1.24. The van der Waals surface area contributed by atoms with E-state index in [9.17, 15) is 0 Å². The van der Waals surface area contributed by atoms with E-state index in [0.717, 1.165) is 30.3 Å². The average molecular weight is 379 g/mol. The minimum Gasteiger partial charge on any atom is -0.497 e. The molecule has 0 aliphatic carbocycles. The fourth-order valence-corrected chi connectivity index (χ4v) is 2.60. The van der Waals surface area contributed by atoms with Crippen molar-refractivity contribution in [1.29, 1.82) is 0 Å². The van der Waals surface area contributed by atoms with Crippen LogP contribution in [0.4, 0.5) is 11.8 Å². The van der Waals surface area contributed by atoms with Gasteiger partial charge in [-0.2, -0.15) is 4.98 Å². The van der Waals surface area contributed by atoms with Gasteiger partial charge in [0.15, 0.2) is 0 Å². The Morgan fingerprint density at radius 3 is 2.46 bits per heavy atom. The van der Waals surface area contributed by atoms with Crippen LogP contribution >= 0.6 is 0 Å². The van der Waals surface area contributed by atoms with E-state index in [-0.39, 0.29) is 0 Å². The summed E-state index contributed by atoms with van der Waals surface area (Å²) in [6.07, 6.45) is 6.29. The van der Waals surface area contributed by atoms with Crippen molar-refractivity contribution in [3.8, 4) is 11.5 Å². The van der Waals surface area contributed by atoms with Crippen LogP contribution in [0.15, 0.2) is 61.1 Å². The van der Waals surface area contributed by atoms with Crippen LogP contribution in [0.2, 0.25) is 0 Å². The first-order valence-electron chi connectivity index (χ1n) is 9.18. The molecule has 0 atom stereocenters. The number of aromatic nitrogens is 3. The Kier molecular flexibility index (Phi) is 7.01. The largest absolute Gasteiger partial charge is 0.497 e. The second-order valence-corrected chi connectivity index (χ2v) is 6.22. The van der Waals surface area contributed by atoms with E-state index >= 15 is 0 Å². The smallest absolute Gasteiger partial charge is 0.226 e. The van der Waals surface area contributed by atoms with Crippen molar-refractivity contribution < 1.29 is 9.47 Å². The van der Waals surface area contributed by atoms with Crippen LogP contribution < -0.4 is 19.7 Å². The van der Waals surface area contributed by atoms with Crippen molar-refractivity contribution in [3.63, 3.8) is 0 Å². The van der Waals surface area contributed by atoms with E-state index in [0.29, 0.717) is 19.1 Å². The lowest BCUT2D eigenvalue weighted by atomic mass is 10.2. The second kappa shape index (κ2) is 10.1. The number of pyridine rings is 1. The Morgan fingerprint density at radius 1 is 0.964 bits per heavy atom. The van der Waals surface area contributed by atoms with E-state index in [4.69, 9.17) is 9.47 Å². The molecule has 0 radical (unpaired) electrons. The van der Waals surface area contributed by atoms with E-state index in [2.05, 4.69) is 20.3 Å². The number of hydrogen-bond acceptors (Lipinski definition) is 7. The number of rotatable bonds is 10. The summed E-state index contributed by atoms with van der Waals surface area (Å²) in [6.45, 7) is 2.00. The fourth-order valence-electron chi connectivity index (χ4n) is 2.60. The van der Waals surface area contributed by atoms with Gasteiger partial charge < -0.3 is 19.7 Å². The van der Waals surface area contributed by atoms with Crippen LogP contribution in [0.25, 0.3) is 0 Å². The Morgan fingerprint density at radius 2 is 1.71 bits per heavy atom. The minimum atomic E-state index is 0.531. The zero-order valence-corrected chi connectivity index (χ0v) is 16.2. The van der Waals surface area contributed by atoms with Gasteiger partial charge in [0.2, 0.25) is 5.95 Å². The molecule has 1 aromatic carbocycles. The summed E-state index contributed by atoms with van der Waals surface area (Å²) in [4.78, 5) is 15.0. The lowest BCUT2D eigenvalue weighted by Gasteiger charge is -2.17. The number of benzene rings is 1. The van der Waals surface area contributed by atoms with Gasteiger partial charge in [-0.25, -0.2) is 4.98 Å². The summed E-state index contributed by atoms with van der Waals surface area (Å²) < 4.78 is 10.9. The molecule has 0 aliphatic rings. The molecule has 0 bridgehead atoms. The van der Waals surface area contributed by atoms with Gasteiger partial charge in [-0.1, -0.05) is 0 Å². The summed E-state index contributed by atoms with van der Waals surface area (Å²) >= 11 is 0. The zero-order valence-electron chi connectivity index (χ0n) is 16.2. The number of nitrogens with one attached hydrogen (secondary N) is 1. The minimum absolute atomic E-state index is 0.531. The third kappa shape index (κ3) is 5.84. The van der Waals surface area contributed by atoms with Gasteiger partial charge >= 0.3 is 0 Å². The first-order chi connectivity index (χ1) is 13.7. The van der Waals surface area contributed by atoms with Gasteiger partial charge in [-0.05, 0) is 54.4 Å². The third-order valence-electron chi connectivity index (χ3n) is 4.21. The predicted molar refractivity (Wildman–Crippen MR) is 110 cm³/mol. The molecule has 2 heterocycles. The molecule has 28 heavy (non-hydrogen) atoms. The molecule has 2 aromatic heterocycles.